The van der Waals surface area contributed by atoms with E-state index in [9.17, 15) is 9.59 Å². The fourth-order valence-electron chi connectivity index (χ4n) is 1.32. The molecule has 0 N–H and O–H groups in total. The molecule has 0 fully saturated rings. The van der Waals surface area contributed by atoms with Gasteiger partial charge in [-0.25, -0.2) is 4.99 Å². The van der Waals surface area contributed by atoms with Crippen molar-refractivity contribution in [1.82, 2.24) is 4.90 Å². The van der Waals surface area contributed by atoms with Gasteiger partial charge in [0.2, 0.25) is 0 Å². The first kappa shape index (κ1) is 16.1. The molecule has 0 aromatic heterocycles. The number of hydrogen-bond donors (Lipinski definition) is 0. The molecule has 100 valence electrons. The van der Waals surface area contributed by atoms with Gasteiger partial charge in [0, 0.05) is 14.1 Å². The van der Waals surface area contributed by atoms with Gasteiger partial charge < -0.3 is 9.64 Å². The van der Waals surface area contributed by atoms with Gasteiger partial charge in [-0.15, -0.1) is 0 Å². The average Bonchev–Trinajstić information content (AvgIpc) is 2.35. The fourth-order valence-corrected chi connectivity index (χ4v) is 1.32. The number of amides is 1. The van der Waals surface area contributed by atoms with Crippen LogP contribution < -0.4 is 0 Å². The van der Waals surface area contributed by atoms with Crippen LogP contribution in [0.3, 0.4) is 0 Å². The molecular formula is C13H20N2O3. The first-order valence-corrected chi connectivity index (χ1v) is 5.56. The summed E-state index contributed by atoms with van der Waals surface area (Å²) in [5.74, 6) is -1.48. The molecule has 1 atom stereocenters. The van der Waals surface area contributed by atoms with Gasteiger partial charge in [-0.1, -0.05) is 18.7 Å². The van der Waals surface area contributed by atoms with Crippen molar-refractivity contribution in [2.45, 2.75) is 13.3 Å². The van der Waals surface area contributed by atoms with E-state index in [1.807, 2.05) is 0 Å². The number of hydrogen-bond acceptors (Lipinski definition) is 3. The molecule has 0 unspecified atom stereocenters. The summed E-state index contributed by atoms with van der Waals surface area (Å²) in [6.07, 6.45) is 4.66. The van der Waals surface area contributed by atoms with Crippen LogP contribution in [-0.2, 0) is 14.3 Å². The van der Waals surface area contributed by atoms with Gasteiger partial charge in [0.25, 0.3) is 5.91 Å². The lowest BCUT2D eigenvalue weighted by molar-refractivity contribution is -0.143. The van der Waals surface area contributed by atoms with E-state index < -0.39 is 11.9 Å². The normalized spacial score (nSPS) is 13.2. The Morgan fingerprint density at radius 2 is 2.06 bits per heavy atom. The van der Waals surface area contributed by atoms with Crippen LogP contribution in [0.2, 0.25) is 0 Å². The van der Waals surface area contributed by atoms with Gasteiger partial charge in [0.1, 0.15) is 0 Å². The van der Waals surface area contributed by atoms with Crippen molar-refractivity contribution in [3.8, 4) is 0 Å². The second-order valence-corrected chi connectivity index (χ2v) is 3.87. The van der Waals surface area contributed by atoms with E-state index in [1.165, 1.54) is 13.4 Å². The Bertz CT molecular complexity index is 370. The Morgan fingerprint density at radius 1 is 1.44 bits per heavy atom. The van der Waals surface area contributed by atoms with Crippen molar-refractivity contribution in [1.29, 1.82) is 0 Å². The average molecular weight is 252 g/mol. The molecule has 0 aliphatic heterocycles. The summed E-state index contributed by atoms with van der Waals surface area (Å²) >= 11 is 0. The largest absolute Gasteiger partial charge is 0.469 e. The predicted molar refractivity (Wildman–Crippen MR) is 71.3 cm³/mol. The lowest BCUT2D eigenvalue weighted by Gasteiger charge is -2.13. The van der Waals surface area contributed by atoms with Gasteiger partial charge in [0.15, 0.2) is 0 Å². The zero-order valence-electron chi connectivity index (χ0n) is 11.3. The number of aliphatic imine (C=N–C) groups is 1. The molecule has 0 heterocycles. The van der Waals surface area contributed by atoms with Crippen molar-refractivity contribution in [2.75, 3.05) is 21.2 Å². The fraction of sp³-hybridized carbons (Fsp3) is 0.462. The van der Waals surface area contributed by atoms with Crippen LogP contribution in [0.5, 0.6) is 0 Å². The Balaban J connectivity index is 5.03. The number of carbonyl (C=O) groups is 2. The number of nitrogens with zero attached hydrogens (tertiary/aromatic N) is 2. The quantitative estimate of drug-likeness (QED) is 0.310. The van der Waals surface area contributed by atoms with Crippen molar-refractivity contribution in [3.63, 3.8) is 0 Å². The molecule has 0 aliphatic carbocycles. The Kier molecular flexibility index (Phi) is 7.35. The Hall–Kier alpha value is -1.91. The van der Waals surface area contributed by atoms with Gasteiger partial charge in [-0.2, -0.15) is 0 Å². The predicted octanol–water partition coefficient (Wildman–Crippen LogP) is 1.41. The number of carbonyl (C=O) groups excluding carboxylic acids is 2. The molecule has 0 aromatic rings. The molecule has 1 amide bonds. The van der Waals surface area contributed by atoms with E-state index in [0.29, 0.717) is 5.57 Å². The second-order valence-electron chi connectivity index (χ2n) is 3.87. The highest BCUT2D eigenvalue weighted by Crippen LogP contribution is 2.19. The molecule has 0 saturated carbocycles. The van der Waals surface area contributed by atoms with Crippen LogP contribution >= 0.6 is 0 Å². The number of rotatable bonds is 6. The van der Waals surface area contributed by atoms with Crippen LogP contribution in [0.15, 0.2) is 29.3 Å². The molecule has 18 heavy (non-hydrogen) atoms. The Morgan fingerprint density at radius 3 is 2.44 bits per heavy atom. The molecule has 0 aromatic carbocycles. The molecule has 0 rings (SSSR count). The molecule has 0 saturated heterocycles. The van der Waals surface area contributed by atoms with Crippen molar-refractivity contribution in [2.24, 2.45) is 10.9 Å². The molecule has 0 spiro atoms. The number of methoxy groups -OCH3 is 1. The lowest BCUT2D eigenvalue weighted by Crippen LogP contribution is -2.21. The summed E-state index contributed by atoms with van der Waals surface area (Å²) in [4.78, 5) is 28.7. The zero-order chi connectivity index (χ0) is 14.1. The minimum absolute atomic E-state index is 0.0359. The second kappa shape index (κ2) is 8.22. The van der Waals surface area contributed by atoms with E-state index in [1.54, 1.807) is 38.1 Å². The summed E-state index contributed by atoms with van der Waals surface area (Å²) in [7, 11) is 4.81. The molecule has 5 heteroatoms. The maximum Gasteiger partial charge on any atom is 0.306 e. The standard InChI is InChI=1S/C13H20N2O3/c1-6-10(7-2)11(8-12(16)18-5)13(17)14-9-15(3)4/h6-7,9,11H,1,8H2,2-5H3/b10-7+,14-9+/t11-/m0/s1. The first-order chi connectivity index (χ1) is 8.46. The topological polar surface area (TPSA) is 59.0 Å². The van der Waals surface area contributed by atoms with Crippen LogP contribution in [0.25, 0.3) is 0 Å². The minimum atomic E-state index is -0.642. The van der Waals surface area contributed by atoms with Gasteiger partial charge >= 0.3 is 5.97 Å². The highest BCUT2D eigenvalue weighted by molar-refractivity contribution is 5.91. The summed E-state index contributed by atoms with van der Waals surface area (Å²) in [5.41, 5.74) is 0.668. The van der Waals surface area contributed by atoms with Gasteiger partial charge in [-0.3, -0.25) is 9.59 Å². The van der Waals surface area contributed by atoms with E-state index in [2.05, 4.69) is 16.3 Å². The zero-order valence-corrected chi connectivity index (χ0v) is 11.3. The van der Waals surface area contributed by atoms with Crippen LogP contribution in [-0.4, -0.2) is 44.3 Å². The summed E-state index contributed by atoms with van der Waals surface area (Å²) in [6.45, 7) is 5.41. The van der Waals surface area contributed by atoms with Crippen LogP contribution in [0.4, 0.5) is 0 Å². The van der Waals surface area contributed by atoms with E-state index in [0.717, 1.165) is 0 Å². The molecule has 0 aliphatic rings. The number of ether oxygens (including phenoxy) is 1. The summed E-state index contributed by atoms with van der Waals surface area (Å²) in [6, 6.07) is 0. The van der Waals surface area contributed by atoms with Crippen molar-refractivity contribution in [3.05, 3.63) is 24.3 Å². The summed E-state index contributed by atoms with van der Waals surface area (Å²) < 4.78 is 4.58. The smallest absolute Gasteiger partial charge is 0.306 e. The maximum absolute atomic E-state index is 11.9. The molecular weight excluding hydrogens is 232 g/mol. The molecule has 0 radical (unpaired) electrons. The SMILES string of the molecule is C=C/C(=C\C)[C@H](CC(=O)OC)C(=O)/N=C/N(C)C. The van der Waals surface area contributed by atoms with Gasteiger partial charge in [-0.05, 0) is 12.5 Å². The number of allylic oxidation sites excluding steroid dienone is 2. The highest BCUT2D eigenvalue weighted by atomic mass is 16.5. The van der Waals surface area contributed by atoms with E-state index in [-0.39, 0.29) is 12.3 Å². The maximum atomic E-state index is 11.9. The number of esters is 1. The molecule has 0 bridgehead atoms. The van der Waals surface area contributed by atoms with E-state index in [4.69, 9.17) is 0 Å². The summed E-state index contributed by atoms with van der Waals surface area (Å²) in [5, 5.41) is 0. The van der Waals surface area contributed by atoms with Crippen LogP contribution in [0, 0.1) is 5.92 Å². The lowest BCUT2D eigenvalue weighted by atomic mass is 9.94. The molecule has 5 nitrogen and oxygen atoms in total. The third kappa shape index (κ3) is 5.43. The first-order valence-electron chi connectivity index (χ1n) is 5.56. The minimum Gasteiger partial charge on any atom is -0.469 e. The van der Waals surface area contributed by atoms with E-state index >= 15 is 0 Å². The van der Waals surface area contributed by atoms with Crippen molar-refractivity contribution >= 4 is 18.2 Å². The Labute approximate surface area is 108 Å². The van der Waals surface area contributed by atoms with Crippen molar-refractivity contribution < 1.29 is 14.3 Å². The third-order valence-corrected chi connectivity index (χ3v) is 2.28. The monoisotopic (exact) mass is 252 g/mol. The van der Waals surface area contributed by atoms with Gasteiger partial charge in [0.05, 0.1) is 25.8 Å². The highest BCUT2D eigenvalue weighted by Gasteiger charge is 2.24. The third-order valence-electron chi connectivity index (χ3n) is 2.28. The van der Waals surface area contributed by atoms with Crippen LogP contribution in [0.1, 0.15) is 13.3 Å².